The molecule has 0 amide bonds. The Morgan fingerprint density at radius 1 is 0.532 bits per heavy atom. The Kier molecular flexibility index (Phi) is 40.8. The second-order valence-electron chi connectivity index (χ2n) is 16.9. The average molecular weight is 873 g/mol. The van der Waals surface area contributed by atoms with Crippen molar-refractivity contribution in [1.82, 2.24) is 0 Å². The van der Waals surface area contributed by atoms with Gasteiger partial charge in [-0.25, -0.2) is 0 Å². The first-order valence-electron chi connectivity index (χ1n) is 25.0. The molecule has 0 spiro atoms. The smallest absolute Gasteiger partial charge is 0.306 e. The molecule has 9 nitrogen and oxygen atoms in total. The van der Waals surface area contributed by atoms with Crippen LogP contribution in [0.5, 0.6) is 0 Å². The number of aliphatic hydroxyl groups is 4. The van der Waals surface area contributed by atoms with E-state index in [0.717, 1.165) is 83.5 Å². The molecule has 0 aromatic rings. The van der Waals surface area contributed by atoms with Crippen molar-refractivity contribution in [3.05, 3.63) is 72.9 Å². The van der Waals surface area contributed by atoms with Crippen molar-refractivity contribution in [3.8, 4) is 0 Å². The van der Waals surface area contributed by atoms with Crippen molar-refractivity contribution in [1.29, 1.82) is 0 Å². The van der Waals surface area contributed by atoms with E-state index >= 15 is 0 Å². The molecule has 0 radical (unpaired) electrons. The molecule has 62 heavy (non-hydrogen) atoms. The third kappa shape index (κ3) is 34.1. The van der Waals surface area contributed by atoms with Crippen molar-refractivity contribution in [3.63, 3.8) is 0 Å². The lowest BCUT2D eigenvalue weighted by molar-refractivity contribution is -0.305. The highest BCUT2D eigenvalue weighted by Gasteiger charge is 2.44. The van der Waals surface area contributed by atoms with E-state index in [1.165, 1.54) is 89.9 Å². The maximum atomic E-state index is 12.8. The fourth-order valence-corrected chi connectivity index (χ4v) is 7.22. The predicted molar refractivity (Wildman–Crippen MR) is 256 cm³/mol. The molecule has 0 aliphatic carbocycles. The van der Waals surface area contributed by atoms with Crippen LogP contribution in [0.1, 0.15) is 194 Å². The van der Waals surface area contributed by atoms with Crippen molar-refractivity contribution < 1.29 is 44.2 Å². The van der Waals surface area contributed by atoms with E-state index in [0.29, 0.717) is 13.0 Å². The fourth-order valence-electron chi connectivity index (χ4n) is 7.22. The summed E-state index contributed by atoms with van der Waals surface area (Å²) >= 11 is 0. The van der Waals surface area contributed by atoms with Crippen LogP contribution in [0.25, 0.3) is 0 Å². The summed E-state index contributed by atoms with van der Waals surface area (Å²) in [4.78, 5) is 12.8. The molecular formula is C53H92O9. The molecule has 1 aliphatic rings. The van der Waals surface area contributed by atoms with Gasteiger partial charge in [0.1, 0.15) is 30.5 Å². The third-order valence-corrected chi connectivity index (χ3v) is 11.1. The lowest BCUT2D eigenvalue weighted by atomic mass is 9.99. The average Bonchev–Trinajstić information content (AvgIpc) is 3.27. The summed E-state index contributed by atoms with van der Waals surface area (Å²) in [5.74, 6) is -0.330. The monoisotopic (exact) mass is 873 g/mol. The Morgan fingerprint density at radius 2 is 0.984 bits per heavy atom. The number of allylic oxidation sites excluding steroid dienone is 12. The van der Waals surface area contributed by atoms with E-state index < -0.39 is 43.4 Å². The first-order valence-corrected chi connectivity index (χ1v) is 25.0. The molecule has 0 bridgehead atoms. The van der Waals surface area contributed by atoms with Crippen LogP contribution in [0, 0.1) is 0 Å². The van der Waals surface area contributed by atoms with Gasteiger partial charge < -0.3 is 39.4 Å². The number of hydrogen-bond donors (Lipinski definition) is 4. The van der Waals surface area contributed by atoms with E-state index in [9.17, 15) is 25.2 Å². The predicted octanol–water partition coefficient (Wildman–Crippen LogP) is 12.0. The van der Waals surface area contributed by atoms with Crippen LogP contribution in [-0.4, -0.2) is 89.6 Å². The van der Waals surface area contributed by atoms with Crippen molar-refractivity contribution in [2.24, 2.45) is 0 Å². The second-order valence-corrected chi connectivity index (χ2v) is 16.9. The SMILES string of the molecule is CC/C=C\C/C=C\C/C=C\C/C=C\CCCCCCCCCCCCCOCC(COC1OC(CO)C(O)C(O)C1O)OC(=O)CCCCCCC/C=C\C/C=C\CCCCC. The van der Waals surface area contributed by atoms with Crippen molar-refractivity contribution >= 4 is 5.97 Å². The molecule has 9 heteroatoms. The van der Waals surface area contributed by atoms with E-state index in [2.05, 4.69) is 86.8 Å². The van der Waals surface area contributed by atoms with Gasteiger partial charge in [-0.05, 0) is 83.5 Å². The van der Waals surface area contributed by atoms with Crippen LogP contribution in [0.4, 0.5) is 0 Å². The molecule has 1 fully saturated rings. The number of esters is 1. The van der Waals surface area contributed by atoms with Gasteiger partial charge >= 0.3 is 5.97 Å². The number of ether oxygens (including phenoxy) is 4. The number of rotatable bonds is 42. The zero-order chi connectivity index (χ0) is 45.0. The van der Waals surface area contributed by atoms with E-state index in [1.54, 1.807) is 0 Å². The fraction of sp³-hybridized carbons (Fsp3) is 0.755. The first kappa shape index (κ1) is 57.6. The van der Waals surface area contributed by atoms with Gasteiger partial charge in [-0.15, -0.1) is 0 Å². The maximum absolute atomic E-state index is 12.8. The molecule has 0 saturated carbocycles. The summed E-state index contributed by atoms with van der Waals surface area (Å²) in [6.07, 6.45) is 50.7. The van der Waals surface area contributed by atoms with Gasteiger partial charge in [0, 0.05) is 13.0 Å². The Balaban J connectivity index is 2.21. The van der Waals surface area contributed by atoms with Gasteiger partial charge in [-0.3, -0.25) is 4.79 Å². The molecule has 0 aromatic heterocycles. The standard InChI is InChI=1S/C53H92O9/c1-3-5-7-9-11-13-15-17-19-20-21-22-23-24-25-26-27-29-31-33-35-37-39-41-43-59-45-47(46-60-53-52(58)51(57)50(56)48(44-54)62-53)61-49(55)42-40-38-36-34-32-30-28-18-16-14-12-10-8-6-4-2/h5,7,11-14,17-19,21-22,28,47-48,50-54,56-58H,3-4,6,8-10,15-16,20,23-27,29-46H2,1-2H3/b7-5-,13-11-,14-12-,19-17-,22-21-,28-18-. The Morgan fingerprint density at radius 3 is 1.48 bits per heavy atom. The van der Waals surface area contributed by atoms with Crippen LogP contribution in [-0.2, 0) is 23.7 Å². The van der Waals surface area contributed by atoms with Gasteiger partial charge in [0.25, 0.3) is 0 Å². The Labute approximate surface area is 378 Å². The largest absolute Gasteiger partial charge is 0.457 e. The van der Waals surface area contributed by atoms with Crippen LogP contribution in [0.3, 0.4) is 0 Å². The molecular weight excluding hydrogens is 781 g/mol. The number of aliphatic hydroxyl groups excluding tert-OH is 4. The molecule has 1 heterocycles. The number of unbranched alkanes of at least 4 members (excludes halogenated alkanes) is 19. The lowest BCUT2D eigenvalue weighted by Gasteiger charge is -2.39. The molecule has 4 N–H and O–H groups in total. The second kappa shape index (κ2) is 43.9. The molecule has 1 rings (SSSR count). The van der Waals surface area contributed by atoms with Gasteiger partial charge in [0.05, 0.1) is 19.8 Å². The quantitative estimate of drug-likeness (QED) is 0.0269. The van der Waals surface area contributed by atoms with Gasteiger partial charge in [-0.2, -0.15) is 0 Å². The van der Waals surface area contributed by atoms with E-state index in [-0.39, 0.29) is 19.2 Å². The van der Waals surface area contributed by atoms with E-state index in [1.807, 2.05) is 0 Å². The number of hydrogen-bond acceptors (Lipinski definition) is 9. The third-order valence-electron chi connectivity index (χ3n) is 11.1. The van der Waals surface area contributed by atoms with Gasteiger partial charge in [0.2, 0.25) is 0 Å². The van der Waals surface area contributed by atoms with Gasteiger partial charge in [-0.1, -0.05) is 177 Å². The topological polar surface area (TPSA) is 135 Å². The van der Waals surface area contributed by atoms with Crippen LogP contribution in [0.15, 0.2) is 72.9 Å². The summed E-state index contributed by atoms with van der Waals surface area (Å²) in [6.45, 7) is 4.39. The molecule has 6 atom stereocenters. The van der Waals surface area contributed by atoms with Crippen molar-refractivity contribution in [2.45, 2.75) is 230 Å². The Bertz CT molecular complexity index is 1180. The van der Waals surface area contributed by atoms with E-state index in [4.69, 9.17) is 18.9 Å². The normalized spacial score (nSPS) is 20.4. The summed E-state index contributed by atoms with van der Waals surface area (Å²) in [5, 5.41) is 40.2. The van der Waals surface area contributed by atoms with Crippen LogP contribution in [0.2, 0.25) is 0 Å². The lowest BCUT2D eigenvalue weighted by Crippen LogP contribution is -2.59. The van der Waals surface area contributed by atoms with Gasteiger partial charge in [0.15, 0.2) is 6.29 Å². The molecule has 358 valence electrons. The molecule has 0 aromatic carbocycles. The summed E-state index contributed by atoms with van der Waals surface area (Å²) < 4.78 is 22.9. The Hall–Kier alpha value is -2.37. The highest BCUT2D eigenvalue weighted by Crippen LogP contribution is 2.22. The highest BCUT2D eigenvalue weighted by atomic mass is 16.7. The maximum Gasteiger partial charge on any atom is 0.306 e. The number of carbonyl (C=O) groups excluding carboxylic acids is 1. The van der Waals surface area contributed by atoms with Crippen LogP contribution < -0.4 is 0 Å². The molecule has 6 unspecified atom stereocenters. The minimum Gasteiger partial charge on any atom is -0.457 e. The zero-order valence-corrected chi connectivity index (χ0v) is 39.3. The summed E-state index contributed by atoms with van der Waals surface area (Å²) in [7, 11) is 0. The van der Waals surface area contributed by atoms with Crippen molar-refractivity contribution in [2.75, 3.05) is 26.4 Å². The summed E-state index contributed by atoms with van der Waals surface area (Å²) in [6, 6.07) is 0. The minimum absolute atomic E-state index is 0.123. The number of carbonyl (C=O) groups is 1. The van der Waals surface area contributed by atoms with Crippen LogP contribution >= 0.6 is 0 Å². The summed E-state index contributed by atoms with van der Waals surface area (Å²) in [5.41, 5.74) is 0. The molecule has 1 aliphatic heterocycles. The first-order chi connectivity index (χ1) is 30.4. The highest BCUT2D eigenvalue weighted by molar-refractivity contribution is 5.69. The molecule has 1 saturated heterocycles. The zero-order valence-electron chi connectivity index (χ0n) is 39.3. The minimum atomic E-state index is -1.54.